The number of aromatic nitrogens is 1. The first-order chi connectivity index (χ1) is 8.19. The van der Waals surface area contributed by atoms with Crippen molar-refractivity contribution in [3.05, 3.63) is 29.6 Å². The molecule has 1 spiro atoms. The Kier molecular flexibility index (Phi) is 2.13. The van der Waals surface area contributed by atoms with E-state index < -0.39 is 5.60 Å². The number of amides is 2. The molecule has 1 aromatic heterocycles. The minimum absolute atomic E-state index is 0.0103. The SMILES string of the molecule is CCC1N(C(N)=O)CC12OCc1cccnc12. The van der Waals surface area contributed by atoms with Crippen LogP contribution in [0.3, 0.4) is 0 Å². The number of hydrogen-bond donors (Lipinski definition) is 1. The van der Waals surface area contributed by atoms with E-state index in [-0.39, 0.29) is 12.1 Å². The molecule has 2 N–H and O–H groups in total. The zero-order valence-corrected chi connectivity index (χ0v) is 9.72. The summed E-state index contributed by atoms with van der Waals surface area (Å²) >= 11 is 0. The molecule has 0 saturated carbocycles. The predicted octanol–water partition coefficient (Wildman–Crippen LogP) is 0.980. The molecule has 0 bridgehead atoms. The summed E-state index contributed by atoms with van der Waals surface area (Å²) in [6, 6.07) is 3.57. The second kappa shape index (κ2) is 3.43. The third kappa shape index (κ3) is 1.23. The minimum Gasteiger partial charge on any atom is -0.360 e. The molecule has 0 aromatic carbocycles. The Bertz CT molecular complexity index is 477. The molecule has 2 atom stereocenters. The van der Waals surface area contributed by atoms with Gasteiger partial charge in [-0.25, -0.2) is 4.79 Å². The number of carbonyl (C=O) groups excluding carboxylic acids is 1. The van der Waals surface area contributed by atoms with Gasteiger partial charge in [0.15, 0.2) is 0 Å². The molecule has 3 rings (SSSR count). The predicted molar refractivity (Wildman–Crippen MR) is 61.1 cm³/mol. The van der Waals surface area contributed by atoms with E-state index in [2.05, 4.69) is 4.98 Å². The number of rotatable bonds is 1. The van der Waals surface area contributed by atoms with Crippen LogP contribution < -0.4 is 5.73 Å². The van der Waals surface area contributed by atoms with Crippen LogP contribution in [0.1, 0.15) is 24.6 Å². The summed E-state index contributed by atoms with van der Waals surface area (Å²) in [6.45, 7) is 3.13. The average Bonchev–Trinajstić information content (AvgIpc) is 2.68. The fourth-order valence-corrected chi connectivity index (χ4v) is 2.98. The zero-order valence-electron chi connectivity index (χ0n) is 9.72. The molecule has 3 heterocycles. The lowest BCUT2D eigenvalue weighted by Crippen LogP contribution is -2.69. The highest BCUT2D eigenvalue weighted by Crippen LogP contribution is 2.47. The molecule has 2 unspecified atom stereocenters. The van der Waals surface area contributed by atoms with E-state index in [1.54, 1.807) is 11.1 Å². The molecule has 1 fully saturated rings. The quantitative estimate of drug-likeness (QED) is 0.786. The number of urea groups is 1. The van der Waals surface area contributed by atoms with Crippen LogP contribution in [-0.2, 0) is 16.9 Å². The third-order valence-electron chi connectivity index (χ3n) is 3.77. The van der Waals surface area contributed by atoms with Crippen molar-refractivity contribution in [3.63, 3.8) is 0 Å². The van der Waals surface area contributed by atoms with Crippen LogP contribution in [0.25, 0.3) is 0 Å². The normalized spacial score (nSPS) is 30.2. The molecule has 17 heavy (non-hydrogen) atoms. The molecular formula is C12H15N3O2. The maximum Gasteiger partial charge on any atom is 0.315 e. The van der Waals surface area contributed by atoms with Gasteiger partial charge in [-0.2, -0.15) is 0 Å². The summed E-state index contributed by atoms with van der Waals surface area (Å²) in [5.41, 5.74) is 7.03. The smallest absolute Gasteiger partial charge is 0.315 e. The number of ether oxygens (including phenoxy) is 1. The number of carbonyl (C=O) groups is 1. The monoisotopic (exact) mass is 233 g/mol. The van der Waals surface area contributed by atoms with Crippen molar-refractivity contribution in [2.75, 3.05) is 6.54 Å². The highest BCUT2D eigenvalue weighted by atomic mass is 16.5. The van der Waals surface area contributed by atoms with E-state index in [4.69, 9.17) is 10.5 Å². The minimum atomic E-state index is -0.416. The molecule has 0 aliphatic carbocycles. The van der Waals surface area contributed by atoms with Crippen molar-refractivity contribution in [3.8, 4) is 0 Å². The fourth-order valence-electron chi connectivity index (χ4n) is 2.98. The molecule has 2 aliphatic rings. The van der Waals surface area contributed by atoms with Crippen molar-refractivity contribution < 1.29 is 9.53 Å². The summed E-state index contributed by atoms with van der Waals surface area (Å²) in [4.78, 5) is 17.4. The summed E-state index contributed by atoms with van der Waals surface area (Å²) < 4.78 is 5.92. The Hall–Kier alpha value is -1.62. The highest BCUT2D eigenvalue weighted by molar-refractivity contribution is 5.74. The lowest BCUT2D eigenvalue weighted by atomic mass is 9.79. The van der Waals surface area contributed by atoms with Gasteiger partial charge in [0.2, 0.25) is 0 Å². The lowest BCUT2D eigenvalue weighted by molar-refractivity contribution is -0.170. The van der Waals surface area contributed by atoms with E-state index in [0.29, 0.717) is 13.2 Å². The molecule has 1 saturated heterocycles. The molecule has 2 aliphatic heterocycles. The molecule has 0 radical (unpaired) electrons. The number of fused-ring (bicyclic) bond motifs is 2. The van der Waals surface area contributed by atoms with Gasteiger partial charge in [-0.05, 0) is 12.5 Å². The van der Waals surface area contributed by atoms with Crippen molar-refractivity contribution >= 4 is 6.03 Å². The maximum atomic E-state index is 11.3. The first-order valence-corrected chi connectivity index (χ1v) is 5.83. The maximum absolute atomic E-state index is 11.3. The highest BCUT2D eigenvalue weighted by Gasteiger charge is 2.59. The van der Waals surface area contributed by atoms with Gasteiger partial charge in [0.1, 0.15) is 5.60 Å². The Balaban J connectivity index is 1.98. The van der Waals surface area contributed by atoms with E-state index in [1.807, 2.05) is 19.1 Å². The van der Waals surface area contributed by atoms with Crippen LogP contribution >= 0.6 is 0 Å². The van der Waals surface area contributed by atoms with Crippen LogP contribution in [-0.4, -0.2) is 28.5 Å². The van der Waals surface area contributed by atoms with Crippen molar-refractivity contribution in [1.82, 2.24) is 9.88 Å². The summed E-state index contributed by atoms with van der Waals surface area (Å²) in [7, 11) is 0. The number of hydrogen-bond acceptors (Lipinski definition) is 3. The van der Waals surface area contributed by atoms with Gasteiger partial charge in [0.05, 0.1) is 24.9 Å². The molecular weight excluding hydrogens is 218 g/mol. The molecule has 2 amide bonds. The molecule has 1 aromatic rings. The van der Waals surface area contributed by atoms with Crippen molar-refractivity contribution in [2.45, 2.75) is 31.6 Å². The van der Waals surface area contributed by atoms with E-state index in [1.165, 1.54) is 0 Å². The van der Waals surface area contributed by atoms with E-state index in [0.717, 1.165) is 17.7 Å². The number of likely N-dealkylation sites (tertiary alicyclic amines) is 1. The second-order valence-electron chi connectivity index (χ2n) is 4.58. The molecule has 5 heteroatoms. The van der Waals surface area contributed by atoms with Crippen molar-refractivity contribution in [2.24, 2.45) is 5.73 Å². The van der Waals surface area contributed by atoms with Gasteiger partial charge in [0, 0.05) is 11.8 Å². The Labute approximate surface area is 99.6 Å². The van der Waals surface area contributed by atoms with E-state index >= 15 is 0 Å². The molecule has 5 nitrogen and oxygen atoms in total. The van der Waals surface area contributed by atoms with Crippen LogP contribution in [0.2, 0.25) is 0 Å². The van der Waals surface area contributed by atoms with Crippen LogP contribution in [0, 0.1) is 0 Å². The number of nitrogens with two attached hydrogens (primary N) is 1. The number of nitrogens with zero attached hydrogens (tertiary/aromatic N) is 2. The Morgan fingerprint density at radius 2 is 2.59 bits per heavy atom. The summed E-state index contributed by atoms with van der Waals surface area (Å²) in [5.74, 6) is 0. The fraction of sp³-hybridized carbons (Fsp3) is 0.500. The topological polar surface area (TPSA) is 68.5 Å². The zero-order chi connectivity index (χ0) is 12.0. The van der Waals surface area contributed by atoms with Gasteiger partial charge in [-0.3, -0.25) is 4.98 Å². The van der Waals surface area contributed by atoms with Crippen molar-refractivity contribution in [1.29, 1.82) is 0 Å². The largest absolute Gasteiger partial charge is 0.360 e. The van der Waals surface area contributed by atoms with Crippen LogP contribution in [0.15, 0.2) is 18.3 Å². The Morgan fingerprint density at radius 3 is 3.29 bits per heavy atom. The van der Waals surface area contributed by atoms with Gasteiger partial charge in [0.25, 0.3) is 0 Å². The van der Waals surface area contributed by atoms with Gasteiger partial charge in [-0.1, -0.05) is 13.0 Å². The summed E-state index contributed by atoms with van der Waals surface area (Å²) in [6.07, 6.45) is 2.59. The van der Waals surface area contributed by atoms with Gasteiger partial charge < -0.3 is 15.4 Å². The van der Waals surface area contributed by atoms with Gasteiger partial charge in [-0.15, -0.1) is 0 Å². The Morgan fingerprint density at radius 1 is 1.76 bits per heavy atom. The molecule has 90 valence electrons. The lowest BCUT2D eigenvalue weighted by Gasteiger charge is -2.53. The summed E-state index contributed by atoms with van der Waals surface area (Å²) in [5, 5.41) is 0. The standard InChI is InChI=1S/C12H15N3O2/c1-2-9-12(7-15(9)11(13)16)10-8(6-17-12)4-3-5-14-10/h3-5,9H,2,6-7H2,1H3,(H2,13,16). The third-order valence-corrected chi connectivity index (χ3v) is 3.77. The number of pyridine rings is 1. The van der Waals surface area contributed by atoms with Crippen LogP contribution in [0.4, 0.5) is 4.79 Å². The van der Waals surface area contributed by atoms with E-state index in [9.17, 15) is 4.79 Å². The first kappa shape index (κ1) is 10.5. The van der Waals surface area contributed by atoms with Crippen LogP contribution in [0.5, 0.6) is 0 Å². The average molecular weight is 233 g/mol. The number of primary amides is 1. The first-order valence-electron chi connectivity index (χ1n) is 5.83. The second-order valence-corrected chi connectivity index (χ2v) is 4.58. The van der Waals surface area contributed by atoms with Gasteiger partial charge >= 0.3 is 6.03 Å².